The van der Waals surface area contributed by atoms with Crippen molar-refractivity contribution < 1.29 is 47.0 Å². The van der Waals surface area contributed by atoms with Gasteiger partial charge in [-0.2, -0.15) is 4.39 Å². The number of ether oxygens (including phenoxy) is 1. The number of aryl methyl sites for hydroxylation is 2. The van der Waals surface area contributed by atoms with E-state index in [0.29, 0.717) is 23.7 Å². The van der Waals surface area contributed by atoms with E-state index in [0.717, 1.165) is 21.9 Å². The van der Waals surface area contributed by atoms with Gasteiger partial charge in [-0.3, -0.25) is 28.9 Å². The maximum Gasteiger partial charge on any atom is 0.304 e. The van der Waals surface area contributed by atoms with Gasteiger partial charge in [0.1, 0.15) is 12.6 Å². The fourth-order valence-corrected chi connectivity index (χ4v) is 6.87. The molecule has 0 radical (unpaired) electrons. The van der Waals surface area contributed by atoms with E-state index in [9.17, 15) is 42.3 Å². The van der Waals surface area contributed by atoms with Crippen molar-refractivity contribution >= 4 is 45.8 Å². The minimum absolute atomic E-state index is 0.0235. The average molecular weight is 687 g/mol. The van der Waals surface area contributed by atoms with E-state index in [4.69, 9.17) is 4.74 Å². The molecule has 0 fully saturated rings. The first-order valence-electron chi connectivity index (χ1n) is 16.2. The molecule has 4 aromatic carbocycles. The summed E-state index contributed by atoms with van der Waals surface area (Å²) in [5.74, 6) is -10.7. The molecule has 2 aliphatic heterocycles. The van der Waals surface area contributed by atoms with Crippen LogP contribution in [-0.2, 0) is 43.2 Å². The molecule has 12 heteroatoms. The van der Waals surface area contributed by atoms with Gasteiger partial charge in [0.2, 0.25) is 17.6 Å². The maximum absolute atomic E-state index is 14.5. The minimum Gasteiger partial charge on any atom is -0.481 e. The second-order valence-electron chi connectivity index (χ2n) is 12.7. The van der Waals surface area contributed by atoms with Crippen molar-refractivity contribution in [3.8, 4) is 5.75 Å². The van der Waals surface area contributed by atoms with Crippen LogP contribution in [0.3, 0.4) is 0 Å². The molecule has 2 aliphatic rings. The molecule has 0 bridgehead atoms. The second-order valence-corrected chi connectivity index (χ2v) is 12.7. The SMILES string of the molecule is Cc1cc(F)c(F)c(OCC(=O)C(CC(=O)O)CC(=O)[C@@H]2Cc3cccc4c3N2C(=O)[C@@H](NC(=O)Cc2cccc3ccccc23)CC4)c1F. The van der Waals surface area contributed by atoms with Crippen LogP contribution in [0.4, 0.5) is 18.9 Å². The third kappa shape index (κ3) is 6.83. The lowest BCUT2D eigenvalue weighted by Crippen LogP contribution is -2.53. The van der Waals surface area contributed by atoms with Crippen LogP contribution < -0.4 is 15.0 Å². The number of nitrogens with one attached hydrogen (secondary N) is 1. The lowest BCUT2D eigenvalue weighted by molar-refractivity contribution is -0.142. The van der Waals surface area contributed by atoms with Crippen LogP contribution in [0.5, 0.6) is 5.75 Å². The number of amides is 2. The molecule has 0 aliphatic carbocycles. The van der Waals surface area contributed by atoms with Gasteiger partial charge >= 0.3 is 5.97 Å². The average Bonchev–Trinajstić information content (AvgIpc) is 3.43. The number of para-hydroxylation sites is 1. The van der Waals surface area contributed by atoms with Crippen molar-refractivity contribution in [3.05, 3.63) is 106 Å². The van der Waals surface area contributed by atoms with Crippen LogP contribution >= 0.6 is 0 Å². The Hall–Kier alpha value is -5.52. The van der Waals surface area contributed by atoms with Crippen molar-refractivity contribution in [2.24, 2.45) is 5.92 Å². The number of hydrogen-bond donors (Lipinski definition) is 2. The zero-order valence-corrected chi connectivity index (χ0v) is 27.0. The highest BCUT2D eigenvalue weighted by atomic mass is 19.2. The van der Waals surface area contributed by atoms with E-state index in [-0.39, 0.29) is 30.7 Å². The van der Waals surface area contributed by atoms with E-state index >= 15 is 0 Å². The van der Waals surface area contributed by atoms with E-state index in [1.165, 1.54) is 11.8 Å². The molecule has 1 unspecified atom stereocenters. The lowest BCUT2D eigenvalue weighted by atomic mass is 9.90. The second kappa shape index (κ2) is 14.1. The van der Waals surface area contributed by atoms with Crippen LogP contribution in [0, 0.1) is 30.3 Å². The van der Waals surface area contributed by atoms with Gasteiger partial charge in [0, 0.05) is 18.8 Å². The van der Waals surface area contributed by atoms with Gasteiger partial charge in [0.05, 0.1) is 24.6 Å². The molecule has 0 aromatic heterocycles. The zero-order valence-electron chi connectivity index (χ0n) is 27.0. The van der Waals surface area contributed by atoms with Gasteiger partial charge in [-0.05, 0) is 58.9 Å². The summed E-state index contributed by atoms with van der Waals surface area (Å²) < 4.78 is 47.6. The Morgan fingerprint density at radius 2 is 1.68 bits per heavy atom. The number of hydrogen-bond acceptors (Lipinski definition) is 6. The van der Waals surface area contributed by atoms with Crippen molar-refractivity contribution in [3.63, 3.8) is 0 Å². The number of fused-ring (bicyclic) bond motifs is 1. The summed E-state index contributed by atoms with van der Waals surface area (Å²) >= 11 is 0. The number of carboxylic acid groups (broad SMARTS) is 1. The number of anilines is 1. The molecule has 3 atom stereocenters. The van der Waals surface area contributed by atoms with Crippen molar-refractivity contribution in [2.45, 2.75) is 57.5 Å². The third-order valence-electron chi connectivity index (χ3n) is 9.33. The third-order valence-corrected chi connectivity index (χ3v) is 9.33. The Kier molecular flexibility index (Phi) is 9.72. The first-order valence-corrected chi connectivity index (χ1v) is 16.2. The highest BCUT2D eigenvalue weighted by Gasteiger charge is 2.44. The summed E-state index contributed by atoms with van der Waals surface area (Å²) in [7, 11) is 0. The van der Waals surface area contributed by atoms with Crippen LogP contribution in [0.1, 0.15) is 41.5 Å². The smallest absolute Gasteiger partial charge is 0.304 e. The van der Waals surface area contributed by atoms with E-state index in [1.807, 2.05) is 54.6 Å². The molecular weight excluding hydrogens is 653 g/mol. The lowest BCUT2D eigenvalue weighted by Gasteiger charge is -2.28. The van der Waals surface area contributed by atoms with Gasteiger partial charge in [-0.1, -0.05) is 60.7 Å². The van der Waals surface area contributed by atoms with Gasteiger partial charge in [-0.25, -0.2) is 8.78 Å². The Labute approximate surface area is 285 Å². The summed E-state index contributed by atoms with van der Waals surface area (Å²) in [4.78, 5) is 67.6. The summed E-state index contributed by atoms with van der Waals surface area (Å²) in [5.41, 5.74) is 2.59. The first-order chi connectivity index (χ1) is 23.9. The molecule has 2 N–H and O–H groups in total. The molecule has 0 spiro atoms. The number of ketones is 2. The van der Waals surface area contributed by atoms with Crippen molar-refractivity contribution in [1.29, 1.82) is 0 Å². The number of carboxylic acids is 1. The predicted molar refractivity (Wildman–Crippen MR) is 176 cm³/mol. The highest BCUT2D eigenvalue weighted by molar-refractivity contribution is 6.09. The molecule has 9 nitrogen and oxygen atoms in total. The van der Waals surface area contributed by atoms with Gasteiger partial charge < -0.3 is 15.2 Å². The topological polar surface area (TPSA) is 130 Å². The normalized spacial score (nSPS) is 17.2. The first kappa shape index (κ1) is 34.3. The van der Waals surface area contributed by atoms with Crippen LogP contribution in [-0.4, -0.2) is 53.1 Å². The molecule has 6 rings (SSSR count). The summed E-state index contributed by atoms with van der Waals surface area (Å²) in [6, 6.07) is 17.3. The molecule has 2 heterocycles. The number of nitrogens with zero attached hydrogens (tertiary/aromatic N) is 1. The van der Waals surface area contributed by atoms with E-state index < -0.39 is 84.1 Å². The van der Waals surface area contributed by atoms with Gasteiger partial charge in [0.25, 0.3) is 0 Å². The van der Waals surface area contributed by atoms with E-state index in [2.05, 4.69) is 5.32 Å². The number of carbonyl (C=O) groups excluding carboxylic acids is 4. The molecule has 258 valence electrons. The number of carbonyl (C=O) groups is 5. The standard InChI is InChI=1S/C38H33F3N2O7/c1-20-14-27(39)35(41)37(34(20)40)50-19-31(45)25(18-33(47)48)16-30(44)29-15-24-10-5-8-22-12-13-28(38(49)43(29)36(22)24)42-32(46)17-23-9-4-7-21-6-2-3-11-26(21)23/h2-11,14,25,28-29H,12-13,15-19H2,1H3,(H,42,46)(H,47,48)/t25?,28-,29-/m0/s1. The molecule has 4 aromatic rings. The largest absolute Gasteiger partial charge is 0.481 e. The summed E-state index contributed by atoms with van der Waals surface area (Å²) in [6.45, 7) is 0.152. The summed E-state index contributed by atoms with van der Waals surface area (Å²) in [5, 5.41) is 14.3. The Morgan fingerprint density at radius 3 is 2.46 bits per heavy atom. The Bertz CT molecular complexity index is 2020. The fourth-order valence-electron chi connectivity index (χ4n) is 6.87. The number of aliphatic carboxylic acids is 1. The van der Waals surface area contributed by atoms with Crippen LogP contribution in [0.2, 0.25) is 0 Å². The number of halogens is 3. The van der Waals surface area contributed by atoms with Crippen LogP contribution in [0.25, 0.3) is 10.8 Å². The Balaban J connectivity index is 1.20. The zero-order chi connectivity index (χ0) is 35.7. The number of Topliss-reactive ketones (excluding diaryl/α,β-unsaturated/α-hetero) is 2. The van der Waals surface area contributed by atoms with Gasteiger partial charge in [-0.15, -0.1) is 0 Å². The maximum atomic E-state index is 14.5. The van der Waals surface area contributed by atoms with Gasteiger partial charge in [0.15, 0.2) is 29.0 Å². The van der Waals surface area contributed by atoms with Crippen molar-refractivity contribution in [2.75, 3.05) is 11.5 Å². The number of benzene rings is 4. The van der Waals surface area contributed by atoms with Crippen molar-refractivity contribution in [1.82, 2.24) is 5.32 Å². The molecular formula is C38H33F3N2O7. The predicted octanol–water partition coefficient (Wildman–Crippen LogP) is 5.20. The highest BCUT2D eigenvalue weighted by Crippen LogP contribution is 2.40. The monoisotopic (exact) mass is 686 g/mol. The number of rotatable bonds is 12. The fraction of sp³-hybridized carbons (Fsp3) is 0.289. The van der Waals surface area contributed by atoms with Crippen LogP contribution in [0.15, 0.2) is 66.7 Å². The minimum atomic E-state index is -1.65. The Morgan fingerprint density at radius 1 is 0.960 bits per heavy atom. The molecule has 0 saturated carbocycles. The summed E-state index contributed by atoms with van der Waals surface area (Å²) in [6.07, 6.45) is -0.568. The molecule has 0 saturated heterocycles. The quantitative estimate of drug-likeness (QED) is 0.196. The molecule has 2 amide bonds. The molecule has 50 heavy (non-hydrogen) atoms. The van der Waals surface area contributed by atoms with E-state index in [1.54, 1.807) is 6.07 Å².